The first-order chi connectivity index (χ1) is 11.5. The maximum absolute atomic E-state index is 12.4. The summed E-state index contributed by atoms with van der Waals surface area (Å²) in [5.41, 5.74) is 0.837. The quantitative estimate of drug-likeness (QED) is 0.765. The van der Waals surface area contributed by atoms with Gasteiger partial charge in [0.25, 0.3) is 0 Å². The fourth-order valence-electron chi connectivity index (χ4n) is 3.85. The summed E-state index contributed by atoms with van der Waals surface area (Å²) in [5, 5.41) is 0.939. The Morgan fingerprint density at radius 2 is 2.00 bits per heavy atom. The second kappa shape index (κ2) is 6.81. The van der Waals surface area contributed by atoms with E-state index in [-0.39, 0.29) is 36.2 Å². The van der Waals surface area contributed by atoms with Gasteiger partial charge in [-0.05, 0) is 25.0 Å². The minimum Gasteiger partial charge on any atom is -0.496 e. The van der Waals surface area contributed by atoms with Crippen molar-refractivity contribution in [2.75, 3.05) is 20.8 Å². The number of benzene rings is 1. The van der Waals surface area contributed by atoms with Crippen molar-refractivity contribution in [3.63, 3.8) is 0 Å². The Morgan fingerprint density at radius 3 is 2.67 bits per heavy atom. The predicted octanol–water partition coefficient (Wildman–Crippen LogP) is 3.27. The van der Waals surface area contributed by atoms with Crippen molar-refractivity contribution in [2.45, 2.75) is 31.2 Å². The van der Waals surface area contributed by atoms with Crippen LogP contribution in [-0.4, -0.2) is 43.6 Å². The largest absolute Gasteiger partial charge is 0.496 e. The minimum atomic E-state index is -0.362. The molecule has 7 heteroatoms. The first kappa shape index (κ1) is 17.4. The van der Waals surface area contributed by atoms with E-state index in [1.807, 2.05) is 4.90 Å². The Bertz CT molecular complexity index is 679. The van der Waals surface area contributed by atoms with E-state index in [0.717, 1.165) is 12.0 Å². The fourth-order valence-corrected chi connectivity index (χ4v) is 4.32. The summed E-state index contributed by atoms with van der Waals surface area (Å²) < 4.78 is 10.2. The van der Waals surface area contributed by atoms with Gasteiger partial charge in [-0.25, -0.2) is 0 Å². The first-order valence-electron chi connectivity index (χ1n) is 7.85. The van der Waals surface area contributed by atoms with Gasteiger partial charge in [0, 0.05) is 30.5 Å². The van der Waals surface area contributed by atoms with E-state index < -0.39 is 0 Å². The molecule has 0 unspecified atom stereocenters. The average Bonchev–Trinajstić information content (AvgIpc) is 3.00. The summed E-state index contributed by atoms with van der Waals surface area (Å²) in [4.78, 5) is 26.1. The van der Waals surface area contributed by atoms with Crippen molar-refractivity contribution >= 4 is 35.1 Å². The van der Waals surface area contributed by atoms with Gasteiger partial charge < -0.3 is 14.4 Å². The fraction of sp³-hybridized carbons (Fsp3) is 0.529. The van der Waals surface area contributed by atoms with Crippen LogP contribution in [0.1, 0.15) is 30.7 Å². The SMILES string of the molecule is COC(=O)[C@@H]1CC(=O)N2C[C@@H](c3c(OC)ccc(Cl)c3Cl)C[C@H]2C1. The summed E-state index contributed by atoms with van der Waals surface area (Å²) in [6.07, 6.45) is 1.56. The molecule has 5 nitrogen and oxygen atoms in total. The molecule has 1 amide bonds. The van der Waals surface area contributed by atoms with Gasteiger partial charge in [0.05, 0.1) is 30.2 Å². The van der Waals surface area contributed by atoms with E-state index in [2.05, 4.69) is 0 Å². The average molecular weight is 372 g/mol. The standard InChI is InChI=1S/C17H19Cl2NO4/c1-23-13-4-3-12(18)16(19)15(13)10-6-11-5-9(17(22)24-2)7-14(21)20(11)8-10/h3-4,9-11H,5-8H2,1-2H3/t9-,10-,11+/m0/s1. The van der Waals surface area contributed by atoms with Gasteiger partial charge in [0.1, 0.15) is 5.75 Å². The van der Waals surface area contributed by atoms with Crippen LogP contribution in [0.15, 0.2) is 12.1 Å². The highest BCUT2D eigenvalue weighted by Crippen LogP contribution is 2.45. The summed E-state index contributed by atoms with van der Waals surface area (Å²) >= 11 is 12.6. The molecule has 2 aliphatic heterocycles. The number of ether oxygens (including phenoxy) is 2. The van der Waals surface area contributed by atoms with Crippen molar-refractivity contribution in [1.29, 1.82) is 0 Å². The molecule has 0 N–H and O–H groups in total. The number of nitrogens with zero attached hydrogens (tertiary/aromatic N) is 1. The zero-order valence-corrected chi connectivity index (χ0v) is 15.1. The van der Waals surface area contributed by atoms with Crippen LogP contribution in [0.2, 0.25) is 10.0 Å². The zero-order valence-electron chi connectivity index (χ0n) is 13.6. The minimum absolute atomic E-state index is 0.0127. The number of methoxy groups -OCH3 is 2. The normalized spacial score (nSPS) is 26.2. The Morgan fingerprint density at radius 1 is 1.25 bits per heavy atom. The maximum Gasteiger partial charge on any atom is 0.309 e. The molecule has 0 aliphatic carbocycles. The van der Waals surface area contributed by atoms with Crippen LogP contribution in [0.25, 0.3) is 0 Å². The number of esters is 1. The van der Waals surface area contributed by atoms with Crippen LogP contribution in [0.5, 0.6) is 5.75 Å². The van der Waals surface area contributed by atoms with E-state index in [1.54, 1.807) is 19.2 Å². The third-order valence-electron chi connectivity index (χ3n) is 4.97. The Kier molecular flexibility index (Phi) is 4.92. The van der Waals surface area contributed by atoms with E-state index in [9.17, 15) is 9.59 Å². The van der Waals surface area contributed by atoms with Crippen LogP contribution in [0.4, 0.5) is 0 Å². The van der Waals surface area contributed by atoms with Crippen LogP contribution in [0, 0.1) is 5.92 Å². The van der Waals surface area contributed by atoms with Crippen molar-refractivity contribution in [1.82, 2.24) is 4.90 Å². The first-order valence-corrected chi connectivity index (χ1v) is 8.61. The van der Waals surface area contributed by atoms with Crippen LogP contribution >= 0.6 is 23.2 Å². The summed E-state index contributed by atoms with van der Waals surface area (Å²) in [6, 6.07) is 3.51. The molecule has 2 fully saturated rings. The topological polar surface area (TPSA) is 55.8 Å². The molecule has 24 heavy (non-hydrogen) atoms. The summed E-state index contributed by atoms with van der Waals surface area (Å²) in [7, 11) is 2.94. The van der Waals surface area contributed by atoms with Gasteiger partial charge in [0.2, 0.25) is 5.91 Å². The van der Waals surface area contributed by atoms with E-state index in [0.29, 0.717) is 28.8 Å². The monoisotopic (exact) mass is 371 g/mol. The lowest BCUT2D eigenvalue weighted by Gasteiger charge is -2.33. The number of carbonyl (C=O) groups excluding carboxylic acids is 2. The number of rotatable bonds is 3. The number of hydrogen-bond acceptors (Lipinski definition) is 4. The molecule has 0 saturated carbocycles. The highest BCUT2D eigenvalue weighted by Gasteiger charge is 2.44. The molecule has 2 saturated heterocycles. The van der Waals surface area contributed by atoms with Crippen LogP contribution < -0.4 is 4.74 Å². The Balaban J connectivity index is 1.87. The van der Waals surface area contributed by atoms with Crippen LogP contribution in [0.3, 0.4) is 0 Å². The number of hydrogen-bond donors (Lipinski definition) is 0. The summed E-state index contributed by atoms with van der Waals surface area (Å²) in [5.74, 6) is 0.0213. The number of amides is 1. The number of halogens is 2. The van der Waals surface area contributed by atoms with Gasteiger partial charge in [-0.1, -0.05) is 23.2 Å². The lowest BCUT2D eigenvalue weighted by molar-refractivity contribution is -0.153. The highest BCUT2D eigenvalue weighted by molar-refractivity contribution is 6.42. The third kappa shape index (κ3) is 2.95. The zero-order chi connectivity index (χ0) is 17.4. The third-order valence-corrected chi connectivity index (χ3v) is 5.79. The van der Waals surface area contributed by atoms with Crippen molar-refractivity contribution < 1.29 is 19.1 Å². The predicted molar refractivity (Wildman–Crippen MR) is 90.6 cm³/mol. The number of piperidine rings is 1. The lowest BCUT2D eigenvalue weighted by Crippen LogP contribution is -2.44. The lowest BCUT2D eigenvalue weighted by atomic mass is 9.88. The molecular weight excluding hydrogens is 353 g/mol. The molecule has 0 aromatic heterocycles. The Hall–Kier alpha value is -1.46. The van der Waals surface area contributed by atoms with Gasteiger partial charge in [-0.2, -0.15) is 0 Å². The molecule has 2 heterocycles. The Labute approximate surface area is 150 Å². The summed E-state index contributed by atoms with van der Waals surface area (Å²) in [6.45, 7) is 0.563. The van der Waals surface area contributed by atoms with E-state index in [1.165, 1.54) is 7.11 Å². The molecule has 130 valence electrons. The molecule has 1 aromatic carbocycles. The van der Waals surface area contributed by atoms with Crippen molar-refractivity contribution in [2.24, 2.45) is 5.92 Å². The van der Waals surface area contributed by atoms with Crippen molar-refractivity contribution in [3.8, 4) is 5.75 Å². The van der Waals surface area contributed by atoms with Crippen LogP contribution in [-0.2, 0) is 14.3 Å². The van der Waals surface area contributed by atoms with E-state index >= 15 is 0 Å². The van der Waals surface area contributed by atoms with Gasteiger partial charge >= 0.3 is 5.97 Å². The molecule has 0 radical (unpaired) electrons. The molecular formula is C17H19Cl2NO4. The van der Waals surface area contributed by atoms with E-state index in [4.69, 9.17) is 32.7 Å². The molecule has 1 aromatic rings. The second-order valence-corrected chi connectivity index (χ2v) is 7.05. The molecule has 3 atom stereocenters. The number of fused-ring (bicyclic) bond motifs is 1. The molecule has 0 bridgehead atoms. The highest BCUT2D eigenvalue weighted by atomic mass is 35.5. The molecule has 0 spiro atoms. The molecule has 3 rings (SSSR count). The van der Waals surface area contributed by atoms with Gasteiger partial charge in [-0.15, -0.1) is 0 Å². The second-order valence-electron chi connectivity index (χ2n) is 6.27. The maximum atomic E-state index is 12.4. The van der Waals surface area contributed by atoms with Gasteiger partial charge in [-0.3, -0.25) is 9.59 Å². The van der Waals surface area contributed by atoms with Crippen molar-refractivity contribution in [3.05, 3.63) is 27.7 Å². The molecule has 2 aliphatic rings. The smallest absolute Gasteiger partial charge is 0.309 e. The number of carbonyl (C=O) groups is 2. The van der Waals surface area contributed by atoms with Gasteiger partial charge in [0.15, 0.2) is 0 Å².